The van der Waals surface area contributed by atoms with Crippen LogP contribution in [-0.4, -0.2) is 0 Å². The summed E-state index contributed by atoms with van der Waals surface area (Å²) in [5, 5.41) is 0. The zero-order chi connectivity index (χ0) is 8.59. The molecule has 57 valence electrons. The van der Waals surface area contributed by atoms with Gasteiger partial charge in [-0.3, -0.25) is 0 Å². The van der Waals surface area contributed by atoms with Gasteiger partial charge in [0, 0.05) is 0 Å². The summed E-state index contributed by atoms with van der Waals surface area (Å²) >= 11 is 2.18. The SMILES string of the molecule is Cc1c[c]([Ti])c(C)c(C)c1C. The van der Waals surface area contributed by atoms with Gasteiger partial charge in [-0.25, -0.2) is 0 Å². The number of rotatable bonds is 0. The van der Waals surface area contributed by atoms with Crippen molar-refractivity contribution in [2.24, 2.45) is 0 Å². The summed E-state index contributed by atoms with van der Waals surface area (Å²) < 4.78 is 1.41. The van der Waals surface area contributed by atoms with Gasteiger partial charge in [0.05, 0.1) is 0 Å². The van der Waals surface area contributed by atoms with Gasteiger partial charge in [-0.15, -0.1) is 0 Å². The molecule has 0 nitrogen and oxygen atoms in total. The topological polar surface area (TPSA) is 0 Å². The van der Waals surface area contributed by atoms with E-state index in [0.29, 0.717) is 0 Å². The quantitative estimate of drug-likeness (QED) is 0.537. The molecule has 0 radical (unpaired) electrons. The van der Waals surface area contributed by atoms with Crippen molar-refractivity contribution >= 4 is 3.87 Å². The van der Waals surface area contributed by atoms with Gasteiger partial charge in [-0.2, -0.15) is 0 Å². The number of benzene rings is 1. The molecule has 0 aliphatic rings. The van der Waals surface area contributed by atoms with Gasteiger partial charge >= 0.3 is 80.3 Å². The zero-order valence-corrected chi connectivity index (χ0v) is 9.14. The third kappa shape index (κ3) is 1.57. The second-order valence-corrected chi connectivity index (χ2v) is 3.96. The summed E-state index contributed by atoms with van der Waals surface area (Å²) in [4.78, 5) is 0. The molecule has 1 aromatic carbocycles. The van der Waals surface area contributed by atoms with Gasteiger partial charge in [0.2, 0.25) is 0 Å². The third-order valence-corrected chi connectivity index (χ3v) is 3.29. The van der Waals surface area contributed by atoms with E-state index in [2.05, 4.69) is 54.2 Å². The Balaban J connectivity index is 3.46. The second kappa shape index (κ2) is 3.12. The normalized spacial score (nSPS) is 10.1. The molecule has 0 aliphatic heterocycles. The Labute approximate surface area is 80.4 Å². The average molecular weight is 181 g/mol. The van der Waals surface area contributed by atoms with Crippen LogP contribution in [0.4, 0.5) is 0 Å². The molecule has 0 saturated carbocycles. The molecule has 0 atom stereocenters. The van der Waals surface area contributed by atoms with E-state index < -0.39 is 0 Å². The molecular weight excluding hydrogens is 168 g/mol. The average Bonchev–Trinajstić information content (AvgIpc) is 1.97. The van der Waals surface area contributed by atoms with Gasteiger partial charge in [-0.05, 0) is 0 Å². The van der Waals surface area contributed by atoms with E-state index in [9.17, 15) is 0 Å². The Hall–Kier alpha value is -0.0657. The first-order valence-corrected chi connectivity index (χ1v) is 4.61. The maximum absolute atomic E-state index is 2.26. The van der Waals surface area contributed by atoms with Crippen LogP contribution in [-0.2, 0) is 20.4 Å². The van der Waals surface area contributed by atoms with Crippen LogP contribution in [0.15, 0.2) is 6.07 Å². The predicted octanol–water partition coefficient (Wildman–Crippen LogP) is 2.09. The monoisotopic (exact) mass is 181 g/mol. The van der Waals surface area contributed by atoms with Gasteiger partial charge in [-0.1, -0.05) is 0 Å². The number of aryl methyl sites for hydroxylation is 1. The molecule has 0 aromatic heterocycles. The molecule has 0 heterocycles. The fraction of sp³-hybridized carbons (Fsp3) is 0.400. The minimum absolute atomic E-state index is 1.41. The van der Waals surface area contributed by atoms with Crippen molar-refractivity contribution in [3.05, 3.63) is 28.3 Å². The van der Waals surface area contributed by atoms with Crippen molar-refractivity contribution in [2.75, 3.05) is 0 Å². The molecule has 11 heavy (non-hydrogen) atoms. The van der Waals surface area contributed by atoms with Crippen molar-refractivity contribution in [3.63, 3.8) is 0 Å². The summed E-state index contributed by atoms with van der Waals surface area (Å²) in [5.41, 5.74) is 5.73. The Morgan fingerprint density at radius 3 is 2.00 bits per heavy atom. The molecule has 0 saturated heterocycles. The van der Waals surface area contributed by atoms with Crippen molar-refractivity contribution in [1.29, 1.82) is 0 Å². The molecule has 0 N–H and O–H groups in total. The Bertz CT molecular complexity index is 261. The van der Waals surface area contributed by atoms with Crippen LogP contribution >= 0.6 is 0 Å². The zero-order valence-electron chi connectivity index (χ0n) is 7.58. The van der Waals surface area contributed by atoms with Gasteiger partial charge < -0.3 is 0 Å². The fourth-order valence-electron chi connectivity index (χ4n) is 1.21. The molecule has 0 unspecified atom stereocenters. The predicted molar refractivity (Wildman–Crippen MR) is 45.0 cm³/mol. The Kier molecular flexibility index (Phi) is 2.56. The van der Waals surface area contributed by atoms with Crippen LogP contribution in [0.1, 0.15) is 22.3 Å². The minimum atomic E-state index is 1.41. The summed E-state index contributed by atoms with van der Waals surface area (Å²) in [7, 11) is 0. The van der Waals surface area contributed by atoms with Crippen molar-refractivity contribution in [3.8, 4) is 0 Å². The van der Waals surface area contributed by atoms with E-state index in [1.807, 2.05) is 0 Å². The van der Waals surface area contributed by atoms with E-state index in [0.717, 1.165) is 0 Å². The first-order valence-electron chi connectivity index (χ1n) is 3.83. The summed E-state index contributed by atoms with van der Waals surface area (Å²) in [5.74, 6) is 0. The molecule has 1 heteroatoms. The van der Waals surface area contributed by atoms with Crippen molar-refractivity contribution < 1.29 is 20.4 Å². The first-order chi connectivity index (χ1) is 5.04. The Morgan fingerprint density at radius 2 is 1.45 bits per heavy atom. The number of hydrogen-bond acceptors (Lipinski definition) is 0. The van der Waals surface area contributed by atoms with E-state index in [1.165, 1.54) is 26.1 Å². The second-order valence-electron chi connectivity index (χ2n) is 3.12. The molecular formula is C10H13Ti. The van der Waals surface area contributed by atoms with Crippen molar-refractivity contribution in [1.82, 2.24) is 0 Å². The van der Waals surface area contributed by atoms with E-state index in [1.54, 1.807) is 0 Å². The molecule has 0 fully saturated rings. The molecule has 0 bridgehead atoms. The van der Waals surface area contributed by atoms with E-state index in [4.69, 9.17) is 0 Å². The van der Waals surface area contributed by atoms with Crippen LogP contribution in [0.3, 0.4) is 0 Å². The molecule has 0 amide bonds. The standard InChI is InChI=1S/C10H13.Ti/c1-7-5-6-8(2)10(4)9(7)3;/h5H,1-4H3;. The van der Waals surface area contributed by atoms with E-state index in [-0.39, 0.29) is 0 Å². The molecule has 0 spiro atoms. The van der Waals surface area contributed by atoms with Crippen LogP contribution in [0.2, 0.25) is 0 Å². The molecule has 0 aliphatic carbocycles. The molecule has 1 aromatic rings. The number of hydrogen-bond donors (Lipinski definition) is 0. The maximum atomic E-state index is 2.26. The van der Waals surface area contributed by atoms with E-state index >= 15 is 0 Å². The third-order valence-electron chi connectivity index (χ3n) is 2.48. The van der Waals surface area contributed by atoms with Crippen molar-refractivity contribution in [2.45, 2.75) is 27.7 Å². The summed E-state index contributed by atoms with van der Waals surface area (Å²) in [6.07, 6.45) is 0. The van der Waals surface area contributed by atoms with Crippen LogP contribution in [0.5, 0.6) is 0 Å². The molecule has 1 rings (SSSR count). The van der Waals surface area contributed by atoms with Crippen LogP contribution < -0.4 is 3.87 Å². The van der Waals surface area contributed by atoms with Crippen LogP contribution in [0, 0.1) is 27.7 Å². The van der Waals surface area contributed by atoms with Gasteiger partial charge in [0.25, 0.3) is 0 Å². The van der Waals surface area contributed by atoms with Gasteiger partial charge in [0.15, 0.2) is 0 Å². The first kappa shape index (κ1) is 9.03. The van der Waals surface area contributed by atoms with Crippen LogP contribution in [0.25, 0.3) is 0 Å². The fourth-order valence-corrected chi connectivity index (χ4v) is 1.84. The van der Waals surface area contributed by atoms with Gasteiger partial charge in [0.1, 0.15) is 0 Å². The summed E-state index contributed by atoms with van der Waals surface area (Å²) in [6, 6.07) is 2.26. The summed E-state index contributed by atoms with van der Waals surface area (Å²) in [6.45, 7) is 8.76. The Morgan fingerprint density at radius 1 is 0.909 bits per heavy atom.